The second kappa shape index (κ2) is 7.23. The second-order valence-corrected chi connectivity index (χ2v) is 9.81. The van der Waals surface area contributed by atoms with Crippen molar-refractivity contribution in [2.45, 2.75) is 17.7 Å². The molecule has 1 aliphatic heterocycles. The number of nitro benzene ring substituents is 1. The molecule has 2 rings (SSSR count). The van der Waals surface area contributed by atoms with Crippen LogP contribution in [0.1, 0.15) is 12.8 Å². The maximum absolute atomic E-state index is 12.1. The third-order valence-electron chi connectivity index (χ3n) is 3.53. The van der Waals surface area contributed by atoms with Crippen LogP contribution in [0.3, 0.4) is 0 Å². The fourth-order valence-corrected chi connectivity index (χ4v) is 5.43. The molecule has 1 aromatic rings. The predicted molar refractivity (Wildman–Crippen MR) is 87.9 cm³/mol. The van der Waals surface area contributed by atoms with Gasteiger partial charge in [-0.1, -0.05) is 11.6 Å². The largest absolute Gasteiger partial charge is 0.290 e. The van der Waals surface area contributed by atoms with Gasteiger partial charge < -0.3 is 0 Å². The summed E-state index contributed by atoms with van der Waals surface area (Å²) in [5, 5.41) is 10.9. The SMILES string of the molecule is O=C(C[C@@H]1CCS(=O)(=O)C1)NNS(=O)(=O)c1ccc(Cl)cc1[N+](=O)[O-]. The molecule has 0 bridgehead atoms. The molecule has 13 heteroatoms. The van der Waals surface area contributed by atoms with Gasteiger partial charge in [0.15, 0.2) is 14.7 Å². The molecule has 10 nitrogen and oxygen atoms in total. The van der Waals surface area contributed by atoms with Crippen molar-refractivity contribution in [3.05, 3.63) is 33.3 Å². The van der Waals surface area contributed by atoms with E-state index in [1.165, 1.54) is 0 Å². The number of halogens is 1. The Labute approximate surface area is 148 Å². The molecule has 1 saturated heterocycles. The summed E-state index contributed by atoms with van der Waals surface area (Å²) < 4.78 is 47.0. The smallest absolute Gasteiger partial charge is 0.278 e. The standard InChI is InChI=1S/C12H14ClN3O7S2/c13-9-1-2-11(10(6-9)16(18)19)25(22,23)15-14-12(17)5-8-3-4-24(20,21)7-8/h1-2,6,8,15H,3-5,7H2,(H,14,17)/t8-/m0/s1. The van der Waals surface area contributed by atoms with Crippen molar-refractivity contribution in [3.63, 3.8) is 0 Å². The number of carbonyl (C=O) groups is 1. The molecule has 1 fully saturated rings. The molecule has 0 unspecified atom stereocenters. The number of amides is 1. The highest BCUT2D eigenvalue weighted by atomic mass is 35.5. The van der Waals surface area contributed by atoms with Crippen LogP contribution in [0.15, 0.2) is 23.1 Å². The fourth-order valence-electron chi connectivity index (χ4n) is 2.39. The molecule has 0 aliphatic carbocycles. The highest BCUT2D eigenvalue weighted by Gasteiger charge is 2.30. The van der Waals surface area contributed by atoms with Gasteiger partial charge in [-0.2, -0.15) is 0 Å². The van der Waals surface area contributed by atoms with E-state index in [9.17, 15) is 31.7 Å². The van der Waals surface area contributed by atoms with E-state index in [-0.39, 0.29) is 28.9 Å². The Morgan fingerprint density at radius 1 is 1.40 bits per heavy atom. The quantitative estimate of drug-likeness (QED) is 0.506. The van der Waals surface area contributed by atoms with Gasteiger partial charge >= 0.3 is 0 Å². The van der Waals surface area contributed by atoms with Gasteiger partial charge in [0, 0.05) is 17.5 Å². The van der Waals surface area contributed by atoms with Crippen LogP contribution < -0.4 is 10.3 Å². The van der Waals surface area contributed by atoms with E-state index in [0.29, 0.717) is 6.42 Å². The Morgan fingerprint density at radius 2 is 2.08 bits per heavy atom. The minimum atomic E-state index is -4.40. The van der Waals surface area contributed by atoms with Gasteiger partial charge in [-0.3, -0.25) is 20.3 Å². The first-order valence-corrected chi connectivity index (χ1v) is 10.6. The van der Waals surface area contributed by atoms with Crippen molar-refractivity contribution in [3.8, 4) is 0 Å². The molecule has 138 valence electrons. The number of nitrogens with one attached hydrogen (secondary N) is 2. The Kier molecular flexibility index (Phi) is 5.66. The number of carbonyl (C=O) groups excluding carboxylic acids is 1. The average Bonchev–Trinajstić information content (AvgIpc) is 2.83. The van der Waals surface area contributed by atoms with E-state index in [0.717, 1.165) is 18.2 Å². The van der Waals surface area contributed by atoms with E-state index in [1.54, 1.807) is 4.83 Å². The van der Waals surface area contributed by atoms with Crippen LogP contribution in [0.25, 0.3) is 0 Å². The minimum absolute atomic E-state index is 0.00631. The summed E-state index contributed by atoms with van der Waals surface area (Å²) in [5.41, 5.74) is 1.19. The van der Waals surface area contributed by atoms with Gasteiger partial charge in [-0.15, -0.1) is 4.83 Å². The van der Waals surface area contributed by atoms with Crippen molar-refractivity contribution in [1.82, 2.24) is 10.3 Å². The zero-order valence-electron chi connectivity index (χ0n) is 12.6. The fraction of sp³-hybridized carbons (Fsp3) is 0.417. The highest BCUT2D eigenvalue weighted by molar-refractivity contribution is 7.91. The normalized spacial score (nSPS) is 19.5. The summed E-state index contributed by atoms with van der Waals surface area (Å²) in [6, 6.07) is 2.98. The number of benzene rings is 1. The van der Waals surface area contributed by atoms with E-state index in [4.69, 9.17) is 11.6 Å². The van der Waals surface area contributed by atoms with Gasteiger partial charge in [0.05, 0.1) is 16.4 Å². The average molecular weight is 412 g/mol. The number of nitro groups is 1. The van der Waals surface area contributed by atoms with Crippen LogP contribution >= 0.6 is 11.6 Å². The molecule has 0 saturated carbocycles. The Morgan fingerprint density at radius 3 is 2.64 bits per heavy atom. The van der Waals surface area contributed by atoms with Crippen LogP contribution in [-0.4, -0.2) is 39.2 Å². The molecule has 25 heavy (non-hydrogen) atoms. The molecule has 1 amide bonds. The van der Waals surface area contributed by atoms with E-state index in [2.05, 4.69) is 0 Å². The maximum Gasteiger partial charge on any atom is 0.290 e. The van der Waals surface area contributed by atoms with Gasteiger partial charge in [-0.05, 0) is 24.5 Å². The highest BCUT2D eigenvalue weighted by Crippen LogP contribution is 2.27. The van der Waals surface area contributed by atoms with Crippen LogP contribution in [0.4, 0.5) is 5.69 Å². The lowest BCUT2D eigenvalue weighted by Gasteiger charge is -2.11. The lowest BCUT2D eigenvalue weighted by Crippen LogP contribution is -2.42. The zero-order chi connectivity index (χ0) is 18.8. The summed E-state index contributed by atoms with van der Waals surface area (Å²) >= 11 is 5.62. The topological polar surface area (TPSA) is 153 Å². The lowest BCUT2D eigenvalue weighted by molar-refractivity contribution is -0.387. The van der Waals surface area contributed by atoms with Gasteiger partial charge in [-0.25, -0.2) is 16.8 Å². The summed E-state index contributed by atoms with van der Waals surface area (Å²) in [7, 11) is -7.56. The number of hydrogen-bond acceptors (Lipinski definition) is 7. The van der Waals surface area contributed by atoms with Gasteiger partial charge in [0.1, 0.15) is 0 Å². The van der Waals surface area contributed by atoms with E-state index >= 15 is 0 Å². The Hall–Kier alpha value is -1.76. The third kappa shape index (κ3) is 5.11. The van der Waals surface area contributed by atoms with Gasteiger partial charge in [0.2, 0.25) is 5.91 Å². The molecule has 0 spiro atoms. The van der Waals surface area contributed by atoms with Crippen LogP contribution in [0.5, 0.6) is 0 Å². The number of sulfonamides is 1. The van der Waals surface area contributed by atoms with Crippen molar-refractivity contribution >= 4 is 43.1 Å². The van der Waals surface area contributed by atoms with Gasteiger partial charge in [0.25, 0.3) is 15.7 Å². The van der Waals surface area contributed by atoms with Crippen LogP contribution in [0.2, 0.25) is 5.02 Å². The van der Waals surface area contributed by atoms with E-state index < -0.39 is 41.3 Å². The molecule has 0 radical (unpaired) electrons. The summed E-state index contributed by atoms with van der Waals surface area (Å²) in [6.07, 6.45) is 0.148. The third-order valence-corrected chi connectivity index (χ3v) is 6.90. The molecule has 2 N–H and O–H groups in total. The number of hydrogen-bond donors (Lipinski definition) is 2. The molecule has 1 heterocycles. The number of rotatable bonds is 6. The summed E-state index contributed by atoms with van der Waals surface area (Å²) in [4.78, 5) is 22.9. The first-order chi connectivity index (χ1) is 11.5. The Balaban J connectivity index is 2.05. The molecular weight excluding hydrogens is 398 g/mol. The monoisotopic (exact) mass is 411 g/mol. The number of hydrazine groups is 1. The molecular formula is C12H14ClN3O7S2. The van der Waals surface area contributed by atoms with Crippen LogP contribution in [0, 0.1) is 16.0 Å². The van der Waals surface area contributed by atoms with Crippen molar-refractivity contribution in [2.24, 2.45) is 5.92 Å². The van der Waals surface area contributed by atoms with E-state index in [1.807, 2.05) is 5.43 Å². The maximum atomic E-state index is 12.1. The molecule has 0 aromatic heterocycles. The van der Waals surface area contributed by atoms with Crippen molar-refractivity contribution < 1.29 is 26.6 Å². The predicted octanol–water partition coefficient (Wildman–Crippen LogP) is 0.383. The van der Waals surface area contributed by atoms with Crippen LogP contribution in [-0.2, 0) is 24.7 Å². The van der Waals surface area contributed by atoms with Crippen molar-refractivity contribution in [1.29, 1.82) is 0 Å². The zero-order valence-corrected chi connectivity index (χ0v) is 15.0. The van der Waals surface area contributed by atoms with Crippen molar-refractivity contribution in [2.75, 3.05) is 11.5 Å². The summed E-state index contributed by atoms with van der Waals surface area (Å²) in [6.45, 7) is 0. The minimum Gasteiger partial charge on any atom is -0.278 e. The number of sulfone groups is 1. The number of nitrogens with zero attached hydrogens (tertiary/aromatic N) is 1. The first kappa shape index (κ1) is 19.6. The Bertz CT molecular complexity index is 915. The summed E-state index contributed by atoms with van der Waals surface area (Å²) in [5.74, 6) is -1.26. The lowest BCUT2D eigenvalue weighted by atomic mass is 10.1. The first-order valence-electron chi connectivity index (χ1n) is 6.95. The molecule has 1 aliphatic rings. The molecule has 1 aromatic carbocycles. The second-order valence-electron chi connectivity index (χ2n) is 5.50. The molecule has 1 atom stereocenters.